The number of aromatic nitrogens is 2. The highest BCUT2D eigenvalue weighted by atomic mass is 16.1. The van der Waals surface area contributed by atoms with E-state index in [2.05, 4.69) is 20.6 Å². The van der Waals surface area contributed by atoms with Crippen molar-refractivity contribution in [1.29, 1.82) is 5.26 Å². The highest BCUT2D eigenvalue weighted by molar-refractivity contribution is 6.15. The summed E-state index contributed by atoms with van der Waals surface area (Å²) in [6.07, 6.45) is 11.0. The monoisotopic (exact) mass is 309 g/mol. The van der Waals surface area contributed by atoms with Crippen molar-refractivity contribution in [3.8, 4) is 6.07 Å². The molecule has 0 amide bonds. The van der Waals surface area contributed by atoms with Crippen LogP contribution in [0.5, 0.6) is 0 Å². The van der Waals surface area contributed by atoms with E-state index in [1.165, 1.54) is 25.2 Å². The van der Waals surface area contributed by atoms with Crippen LogP contribution in [0.2, 0.25) is 0 Å². The summed E-state index contributed by atoms with van der Waals surface area (Å²) >= 11 is 0. The van der Waals surface area contributed by atoms with E-state index in [4.69, 9.17) is 5.73 Å². The first kappa shape index (κ1) is 15.1. The standard InChI is InChI=1S/C17H19N5O/c1-20-8-11(6-18)14-10-22(13-4-2-3-5-13)16-12(7-19)9-21-17(23)15(14)16/h6,8-10,13H,2-5,18H2,1H3,(H,21,23). The molecule has 23 heavy (non-hydrogen) atoms. The van der Waals surface area contributed by atoms with E-state index in [-0.39, 0.29) is 5.56 Å². The number of pyridine rings is 1. The van der Waals surface area contributed by atoms with Crippen LogP contribution in [0, 0.1) is 11.3 Å². The van der Waals surface area contributed by atoms with Crippen LogP contribution in [0.1, 0.15) is 42.9 Å². The molecule has 0 bridgehead atoms. The van der Waals surface area contributed by atoms with Crippen LogP contribution in [-0.2, 0) is 0 Å². The molecule has 3 N–H and O–H groups in total. The van der Waals surface area contributed by atoms with Crippen molar-refractivity contribution in [1.82, 2.24) is 9.55 Å². The summed E-state index contributed by atoms with van der Waals surface area (Å²) in [6.45, 7) is 0. The van der Waals surface area contributed by atoms with Crippen LogP contribution in [0.15, 0.2) is 28.4 Å². The zero-order chi connectivity index (χ0) is 16.4. The number of H-pyrrole nitrogens is 1. The molecule has 0 saturated heterocycles. The van der Waals surface area contributed by atoms with Gasteiger partial charge in [-0.2, -0.15) is 5.26 Å². The van der Waals surface area contributed by atoms with Gasteiger partial charge in [-0.25, -0.2) is 0 Å². The second-order valence-electron chi connectivity index (χ2n) is 5.76. The predicted octanol–water partition coefficient (Wildman–Crippen LogP) is 2.32. The van der Waals surface area contributed by atoms with Gasteiger partial charge < -0.3 is 15.3 Å². The molecule has 6 nitrogen and oxygen atoms in total. The number of aromatic amines is 1. The Hall–Kier alpha value is -2.81. The van der Waals surface area contributed by atoms with Crippen LogP contribution in [0.25, 0.3) is 16.5 Å². The molecular formula is C17H19N5O. The maximum Gasteiger partial charge on any atom is 0.258 e. The van der Waals surface area contributed by atoms with Gasteiger partial charge in [0, 0.05) is 49.0 Å². The molecule has 1 aliphatic rings. The molecule has 1 aliphatic carbocycles. The summed E-state index contributed by atoms with van der Waals surface area (Å²) in [7, 11) is 1.66. The molecule has 0 unspecified atom stereocenters. The van der Waals surface area contributed by atoms with Gasteiger partial charge in [0.05, 0.1) is 16.5 Å². The molecular weight excluding hydrogens is 290 g/mol. The summed E-state index contributed by atoms with van der Waals surface area (Å²) < 4.78 is 2.08. The van der Waals surface area contributed by atoms with Crippen LogP contribution >= 0.6 is 0 Å². The lowest BCUT2D eigenvalue weighted by molar-refractivity contribution is 0.535. The van der Waals surface area contributed by atoms with Crippen molar-refractivity contribution in [3.63, 3.8) is 0 Å². The topological polar surface area (TPSA) is 100.0 Å². The lowest BCUT2D eigenvalue weighted by Crippen LogP contribution is -2.10. The summed E-state index contributed by atoms with van der Waals surface area (Å²) in [5, 5.41) is 9.96. The van der Waals surface area contributed by atoms with Gasteiger partial charge in [-0.15, -0.1) is 0 Å². The van der Waals surface area contributed by atoms with Gasteiger partial charge in [0.25, 0.3) is 5.56 Å². The third-order valence-electron chi connectivity index (χ3n) is 4.46. The van der Waals surface area contributed by atoms with E-state index in [0.717, 1.165) is 18.4 Å². The first-order valence-electron chi connectivity index (χ1n) is 7.72. The van der Waals surface area contributed by atoms with E-state index < -0.39 is 0 Å². The number of nitrogens with zero attached hydrogens (tertiary/aromatic N) is 3. The zero-order valence-corrected chi connectivity index (χ0v) is 13.0. The third-order valence-corrected chi connectivity index (χ3v) is 4.46. The Bertz CT molecular complexity index is 888. The van der Waals surface area contributed by atoms with Gasteiger partial charge in [-0.1, -0.05) is 12.8 Å². The lowest BCUT2D eigenvalue weighted by Gasteiger charge is -2.13. The fourth-order valence-corrected chi connectivity index (χ4v) is 3.42. The molecule has 0 radical (unpaired) electrons. The number of allylic oxidation sites excluding steroid dienone is 1. The van der Waals surface area contributed by atoms with Crippen LogP contribution in [0.4, 0.5) is 0 Å². The van der Waals surface area contributed by atoms with Crippen molar-refractivity contribution >= 4 is 22.7 Å². The van der Waals surface area contributed by atoms with Gasteiger partial charge in [-0.3, -0.25) is 9.79 Å². The Balaban J connectivity index is 2.38. The van der Waals surface area contributed by atoms with Gasteiger partial charge in [0.15, 0.2) is 0 Å². The predicted molar refractivity (Wildman–Crippen MR) is 91.4 cm³/mol. The summed E-state index contributed by atoms with van der Waals surface area (Å²) in [4.78, 5) is 19.1. The molecule has 2 aromatic heterocycles. The fraction of sp³-hybridized carbons (Fsp3) is 0.353. The highest BCUT2D eigenvalue weighted by Gasteiger charge is 2.24. The highest BCUT2D eigenvalue weighted by Crippen LogP contribution is 2.35. The Labute approximate surface area is 133 Å². The molecule has 118 valence electrons. The number of nitrogens with one attached hydrogen (secondary N) is 1. The number of hydrogen-bond acceptors (Lipinski definition) is 4. The molecule has 0 spiro atoms. The van der Waals surface area contributed by atoms with E-state index in [1.54, 1.807) is 13.3 Å². The molecule has 0 aromatic carbocycles. The minimum Gasteiger partial charge on any atom is -0.404 e. The van der Waals surface area contributed by atoms with E-state index in [1.807, 2.05) is 6.20 Å². The minimum atomic E-state index is -0.213. The maximum atomic E-state index is 12.4. The number of rotatable bonds is 3. The Morgan fingerprint density at radius 2 is 2.26 bits per heavy atom. The smallest absolute Gasteiger partial charge is 0.258 e. The third kappa shape index (κ3) is 2.44. The number of hydrogen-bond donors (Lipinski definition) is 2. The molecule has 0 atom stereocenters. The van der Waals surface area contributed by atoms with E-state index in [0.29, 0.717) is 28.1 Å². The largest absolute Gasteiger partial charge is 0.404 e. The van der Waals surface area contributed by atoms with E-state index in [9.17, 15) is 10.1 Å². The van der Waals surface area contributed by atoms with Crippen molar-refractivity contribution < 1.29 is 0 Å². The lowest BCUT2D eigenvalue weighted by atomic mass is 10.1. The number of fused-ring (bicyclic) bond motifs is 1. The molecule has 1 fully saturated rings. The molecule has 1 saturated carbocycles. The second kappa shape index (κ2) is 6.13. The molecule has 6 heteroatoms. The summed E-state index contributed by atoms with van der Waals surface area (Å²) in [6, 6.07) is 2.51. The Morgan fingerprint density at radius 1 is 1.52 bits per heavy atom. The maximum absolute atomic E-state index is 12.4. The van der Waals surface area contributed by atoms with Crippen LogP contribution in [-0.4, -0.2) is 22.8 Å². The Kier molecular flexibility index (Phi) is 4.02. The van der Waals surface area contributed by atoms with Crippen LogP contribution < -0.4 is 11.3 Å². The van der Waals surface area contributed by atoms with E-state index >= 15 is 0 Å². The first-order chi connectivity index (χ1) is 11.2. The average Bonchev–Trinajstić information content (AvgIpc) is 3.21. The van der Waals surface area contributed by atoms with Crippen molar-refractivity contribution in [2.75, 3.05) is 7.05 Å². The first-order valence-corrected chi connectivity index (χ1v) is 7.72. The average molecular weight is 309 g/mol. The molecule has 3 rings (SSSR count). The Morgan fingerprint density at radius 3 is 2.87 bits per heavy atom. The molecule has 2 aromatic rings. The molecule has 2 heterocycles. The van der Waals surface area contributed by atoms with Gasteiger partial charge in [0.2, 0.25) is 0 Å². The van der Waals surface area contributed by atoms with Crippen LogP contribution in [0.3, 0.4) is 0 Å². The van der Waals surface area contributed by atoms with Gasteiger partial charge in [-0.05, 0) is 12.8 Å². The fourth-order valence-electron chi connectivity index (χ4n) is 3.42. The number of nitriles is 1. The minimum absolute atomic E-state index is 0.213. The van der Waals surface area contributed by atoms with Gasteiger partial charge >= 0.3 is 0 Å². The van der Waals surface area contributed by atoms with Crippen molar-refractivity contribution in [3.05, 3.63) is 40.1 Å². The quantitative estimate of drug-likeness (QED) is 0.851. The summed E-state index contributed by atoms with van der Waals surface area (Å²) in [5.41, 5.74) is 8.08. The van der Waals surface area contributed by atoms with Crippen molar-refractivity contribution in [2.24, 2.45) is 10.7 Å². The zero-order valence-electron chi connectivity index (χ0n) is 13.0. The van der Waals surface area contributed by atoms with Gasteiger partial charge in [0.1, 0.15) is 6.07 Å². The second-order valence-corrected chi connectivity index (χ2v) is 5.76. The molecule has 0 aliphatic heterocycles. The normalized spacial score (nSPS) is 16.4. The summed E-state index contributed by atoms with van der Waals surface area (Å²) in [5.74, 6) is 0. The SMILES string of the molecule is CN=CC(=CN)c1cn(C2CCCC2)c2c(C#N)c[nH]c(=O)c12. The van der Waals surface area contributed by atoms with Crippen molar-refractivity contribution in [2.45, 2.75) is 31.7 Å². The number of nitrogens with two attached hydrogens (primary N) is 1. The number of aliphatic imine (C=N–C) groups is 1.